The van der Waals surface area contributed by atoms with E-state index in [1.807, 2.05) is 0 Å². The number of β-amino-alcohol motifs (C(OH)–C–C–N with tert-alkyl or cyclic N) is 1. The van der Waals surface area contributed by atoms with E-state index < -0.39 is 17.3 Å². The second-order valence-corrected chi connectivity index (χ2v) is 3.68. The standard InChI is InChI=1S/C10H10F3NO.ClH/c11-10(12,13)8-4-2-1-3-7(8)9(15)5-14-6-9;/h1-4,14-15H,5-6H2;1H. The Labute approximate surface area is 96.9 Å². The summed E-state index contributed by atoms with van der Waals surface area (Å²) in [5.41, 5.74) is -2.17. The highest BCUT2D eigenvalue weighted by Crippen LogP contribution is 2.37. The van der Waals surface area contributed by atoms with Gasteiger partial charge < -0.3 is 10.4 Å². The average Bonchev–Trinajstić information content (AvgIpc) is 2.13. The lowest BCUT2D eigenvalue weighted by atomic mass is 9.85. The van der Waals surface area contributed by atoms with Crippen molar-refractivity contribution >= 4 is 12.4 Å². The molecule has 0 unspecified atom stereocenters. The minimum atomic E-state index is -4.41. The van der Waals surface area contributed by atoms with Gasteiger partial charge in [0.25, 0.3) is 0 Å². The maximum Gasteiger partial charge on any atom is 0.416 e. The number of hydrogen-bond acceptors (Lipinski definition) is 2. The lowest BCUT2D eigenvalue weighted by Crippen LogP contribution is -2.57. The Morgan fingerprint density at radius 3 is 2.19 bits per heavy atom. The van der Waals surface area contributed by atoms with E-state index in [0.29, 0.717) is 0 Å². The van der Waals surface area contributed by atoms with Gasteiger partial charge in [0.2, 0.25) is 0 Å². The maximum atomic E-state index is 12.6. The van der Waals surface area contributed by atoms with Crippen LogP contribution in [0.1, 0.15) is 11.1 Å². The number of rotatable bonds is 1. The highest BCUT2D eigenvalue weighted by atomic mass is 35.5. The van der Waals surface area contributed by atoms with Crippen LogP contribution in [0.2, 0.25) is 0 Å². The summed E-state index contributed by atoms with van der Waals surface area (Å²) in [5.74, 6) is 0. The molecule has 90 valence electrons. The lowest BCUT2D eigenvalue weighted by Gasteiger charge is -2.39. The van der Waals surface area contributed by atoms with E-state index in [2.05, 4.69) is 5.32 Å². The molecule has 6 heteroatoms. The van der Waals surface area contributed by atoms with Crippen molar-refractivity contribution in [2.24, 2.45) is 0 Å². The van der Waals surface area contributed by atoms with Gasteiger partial charge in [-0.15, -0.1) is 12.4 Å². The Balaban J connectivity index is 0.00000128. The summed E-state index contributed by atoms with van der Waals surface area (Å²) in [6.45, 7) is 0.334. The van der Waals surface area contributed by atoms with Crippen LogP contribution in [0.4, 0.5) is 13.2 Å². The molecular weight excluding hydrogens is 243 g/mol. The van der Waals surface area contributed by atoms with E-state index >= 15 is 0 Å². The molecule has 1 aromatic rings. The molecule has 0 atom stereocenters. The van der Waals surface area contributed by atoms with Crippen molar-refractivity contribution in [2.45, 2.75) is 11.8 Å². The highest BCUT2D eigenvalue weighted by Gasteiger charge is 2.43. The topological polar surface area (TPSA) is 32.3 Å². The number of nitrogens with one attached hydrogen (secondary N) is 1. The molecule has 0 amide bonds. The van der Waals surface area contributed by atoms with Crippen molar-refractivity contribution in [3.05, 3.63) is 35.4 Å². The van der Waals surface area contributed by atoms with Crippen molar-refractivity contribution in [3.8, 4) is 0 Å². The molecule has 2 rings (SSSR count). The summed E-state index contributed by atoms with van der Waals surface area (Å²) in [5, 5.41) is 12.6. The van der Waals surface area contributed by atoms with Crippen LogP contribution in [-0.4, -0.2) is 18.2 Å². The van der Waals surface area contributed by atoms with Crippen LogP contribution in [0.25, 0.3) is 0 Å². The molecule has 0 aromatic heterocycles. The summed E-state index contributed by atoms with van der Waals surface area (Å²) < 4.78 is 37.8. The maximum absolute atomic E-state index is 12.6. The van der Waals surface area contributed by atoms with Crippen LogP contribution in [-0.2, 0) is 11.8 Å². The van der Waals surface area contributed by atoms with Crippen LogP contribution < -0.4 is 5.32 Å². The first-order valence-electron chi connectivity index (χ1n) is 4.53. The first-order valence-corrected chi connectivity index (χ1v) is 4.53. The second-order valence-electron chi connectivity index (χ2n) is 3.68. The predicted molar refractivity (Wildman–Crippen MR) is 55.5 cm³/mol. The van der Waals surface area contributed by atoms with Gasteiger partial charge in [0.05, 0.1) is 5.56 Å². The van der Waals surface area contributed by atoms with Crippen molar-refractivity contribution in [1.82, 2.24) is 5.32 Å². The summed E-state index contributed by atoms with van der Waals surface area (Å²) in [4.78, 5) is 0. The van der Waals surface area contributed by atoms with Crippen molar-refractivity contribution in [2.75, 3.05) is 13.1 Å². The number of halogens is 4. The van der Waals surface area contributed by atoms with Gasteiger partial charge in [-0.1, -0.05) is 18.2 Å². The quantitative estimate of drug-likeness (QED) is 0.802. The Bertz CT molecular complexity index is 377. The first-order chi connectivity index (χ1) is 6.93. The Morgan fingerprint density at radius 2 is 1.75 bits per heavy atom. The fourth-order valence-corrected chi connectivity index (χ4v) is 1.69. The van der Waals surface area contributed by atoms with Crippen LogP contribution in [0.3, 0.4) is 0 Å². The van der Waals surface area contributed by atoms with E-state index in [4.69, 9.17) is 0 Å². The molecule has 1 fully saturated rings. The molecule has 1 aliphatic heterocycles. The van der Waals surface area contributed by atoms with Crippen LogP contribution >= 0.6 is 12.4 Å². The molecule has 2 nitrogen and oxygen atoms in total. The smallest absolute Gasteiger partial charge is 0.382 e. The average molecular weight is 254 g/mol. The molecule has 16 heavy (non-hydrogen) atoms. The summed E-state index contributed by atoms with van der Waals surface area (Å²) in [6, 6.07) is 5.14. The zero-order chi connectivity index (χ0) is 11.1. The van der Waals surface area contributed by atoms with Crippen molar-refractivity contribution < 1.29 is 18.3 Å². The zero-order valence-corrected chi connectivity index (χ0v) is 9.03. The van der Waals surface area contributed by atoms with Gasteiger partial charge in [-0.25, -0.2) is 0 Å². The van der Waals surface area contributed by atoms with Gasteiger partial charge in [-0.3, -0.25) is 0 Å². The van der Waals surface area contributed by atoms with Gasteiger partial charge in [0.15, 0.2) is 0 Å². The molecule has 1 aliphatic rings. The van der Waals surface area contributed by atoms with Crippen molar-refractivity contribution in [1.29, 1.82) is 0 Å². The third-order valence-electron chi connectivity index (χ3n) is 2.57. The second kappa shape index (κ2) is 4.24. The molecule has 1 saturated heterocycles. The number of benzene rings is 1. The van der Waals surface area contributed by atoms with E-state index in [-0.39, 0.29) is 31.1 Å². The monoisotopic (exact) mass is 253 g/mol. The van der Waals surface area contributed by atoms with Crippen LogP contribution in [0.5, 0.6) is 0 Å². The molecule has 0 bridgehead atoms. The molecule has 0 aliphatic carbocycles. The number of aliphatic hydroxyl groups is 1. The Kier molecular flexibility index (Phi) is 3.52. The van der Waals surface area contributed by atoms with Gasteiger partial charge in [-0.2, -0.15) is 13.2 Å². The fourth-order valence-electron chi connectivity index (χ4n) is 1.69. The summed E-state index contributed by atoms with van der Waals surface area (Å²) >= 11 is 0. The van der Waals surface area contributed by atoms with Gasteiger partial charge in [0, 0.05) is 13.1 Å². The summed E-state index contributed by atoms with van der Waals surface area (Å²) in [7, 11) is 0. The van der Waals surface area contributed by atoms with Crippen molar-refractivity contribution in [3.63, 3.8) is 0 Å². The molecule has 2 N–H and O–H groups in total. The molecule has 0 saturated carbocycles. The van der Waals surface area contributed by atoms with Gasteiger partial charge in [-0.05, 0) is 11.6 Å². The Morgan fingerprint density at radius 1 is 1.19 bits per heavy atom. The van der Waals surface area contributed by atoms with E-state index in [1.54, 1.807) is 0 Å². The minimum Gasteiger partial charge on any atom is -0.382 e. The molecule has 1 heterocycles. The fraction of sp³-hybridized carbons (Fsp3) is 0.400. The largest absolute Gasteiger partial charge is 0.416 e. The Hall–Kier alpha value is -0.780. The summed E-state index contributed by atoms with van der Waals surface area (Å²) in [6.07, 6.45) is -4.41. The minimum absolute atomic E-state index is 0. The van der Waals surface area contributed by atoms with Gasteiger partial charge >= 0.3 is 6.18 Å². The zero-order valence-electron chi connectivity index (χ0n) is 8.21. The van der Waals surface area contributed by atoms with E-state index in [1.165, 1.54) is 18.2 Å². The van der Waals surface area contributed by atoms with E-state index in [0.717, 1.165) is 6.07 Å². The normalized spacial score (nSPS) is 18.5. The van der Waals surface area contributed by atoms with Crippen LogP contribution in [0, 0.1) is 0 Å². The number of alkyl halides is 3. The molecule has 0 spiro atoms. The van der Waals surface area contributed by atoms with Gasteiger partial charge in [0.1, 0.15) is 5.60 Å². The first kappa shape index (κ1) is 13.3. The third kappa shape index (κ3) is 2.16. The third-order valence-corrected chi connectivity index (χ3v) is 2.57. The SMILES string of the molecule is Cl.OC1(c2ccccc2C(F)(F)F)CNC1. The molecule has 1 aromatic carbocycles. The van der Waals surface area contributed by atoms with Crippen LogP contribution in [0.15, 0.2) is 24.3 Å². The lowest BCUT2D eigenvalue weighted by molar-refractivity contribution is -0.141. The predicted octanol–water partition coefficient (Wildman–Crippen LogP) is 1.92. The highest BCUT2D eigenvalue weighted by molar-refractivity contribution is 5.85. The molecular formula is C10H11ClF3NO. The van der Waals surface area contributed by atoms with E-state index in [9.17, 15) is 18.3 Å². The number of hydrogen-bond donors (Lipinski definition) is 2. The molecule has 0 radical (unpaired) electrons.